The number of hydrogen-bond acceptors (Lipinski definition) is 3. The third-order valence-corrected chi connectivity index (χ3v) is 3.61. The second-order valence-electron chi connectivity index (χ2n) is 4.91. The second kappa shape index (κ2) is 5.54. The number of nitrogens with two attached hydrogens (primary N) is 2. The Kier molecular flexibility index (Phi) is 3.58. The lowest BCUT2D eigenvalue weighted by Crippen LogP contribution is -2.12. The summed E-state index contributed by atoms with van der Waals surface area (Å²) in [6.45, 7) is 0.718. The minimum absolute atomic E-state index is 0.510. The molecular weight excluding hydrogens is 280 g/mol. The molecule has 4 nitrogen and oxygen atoms in total. The van der Waals surface area contributed by atoms with E-state index in [4.69, 9.17) is 28.7 Å². The van der Waals surface area contributed by atoms with Gasteiger partial charge in [0.25, 0.3) is 0 Å². The minimum Gasteiger partial charge on any atom is -0.399 e. The van der Waals surface area contributed by atoms with Crippen LogP contribution in [0.3, 0.4) is 0 Å². The van der Waals surface area contributed by atoms with Gasteiger partial charge in [-0.1, -0.05) is 24.4 Å². The third-order valence-electron chi connectivity index (χ3n) is 3.41. The molecule has 5 heteroatoms. The number of hydrogen-bond donors (Lipinski definition) is 2. The molecule has 0 atom stereocenters. The lowest BCUT2D eigenvalue weighted by atomic mass is 10.2. The van der Waals surface area contributed by atoms with Gasteiger partial charge in [0.1, 0.15) is 5.82 Å². The monoisotopic (exact) mass is 296 g/mol. The maximum absolute atomic E-state index is 5.76. The van der Waals surface area contributed by atoms with Crippen LogP contribution >= 0.6 is 12.2 Å². The Morgan fingerprint density at radius 1 is 1.10 bits per heavy atom. The minimum atomic E-state index is 0.510. The van der Waals surface area contributed by atoms with Crippen molar-refractivity contribution in [1.82, 2.24) is 9.55 Å². The largest absolute Gasteiger partial charge is 0.399 e. The highest BCUT2D eigenvalue weighted by Crippen LogP contribution is 2.25. The lowest BCUT2D eigenvalue weighted by molar-refractivity contribution is 0.757. The van der Waals surface area contributed by atoms with Gasteiger partial charge >= 0.3 is 0 Å². The molecule has 0 saturated carbocycles. The maximum atomic E-state index is 5.76. The van der Waals surface area contributed by atoms with E-state index in [0.29, 0.717) is 11.4 Å². The van der Waals surface area contributed by atoms with Gasteiger partial charge in [-0.3, -0.25) is 0 Å². The van der Waals surface area contributed by atoms with Crippen LogP contribution in [0.15, 0.2) is 48.5 Å². The van der Waals surface area contributed by atoms with Crippen LogP contribution in [-0.2, 0) is 6.54 Å². The molecule has 0 amide bonds. The Labute approximate surface area is 128 Å². The zero-order chi connectivity index (χ0) is 14.8. The molecule has 0 bridgehead atoms. The van der Waals surface area contributed by atoms with E-state index >= 15 is 0 Å². The number of nitrogens with zero attached hydrogens (tertiary/aromatic N) is 2. The Morgan fingerprint density at radius 2 is 1.81 bits per heavy atom. The molecule has 0 unspecified atom stereocenters. The van der Waals surface area contributed by atoms with E-state index in [1.807, 2.05) is 42.5 Å². The summed E-state index contributed by atoms with van der Waals surface area (Å²) in [4.78, 5) is 5.24. The van der Waals surface area contributed by atoms with Crippen molar-refractivity contribution in [2.24, 2.45) is 5.73 Å². The average molecular weight is 296 g/mol. The summed E-state index contributed by atoms with van der Waals surface area (Å²) in [6.07, 6.45) is 0.650. The Morgan fingerprint density at radius 3 is 2.52 bits per heavy atom. The topological polar surface area (TPSA) is 69.9 Å². The molecule has 4 N–H and O–H groups in total. The molecule has 0 aliphatic heterocycles. The van der Waals surface area contributed by atoms with E-state index in [-0.39, 0.29) is 0 Å². The van der Waals surface area contributed by atoms with Crippen LogP contribution in [0.5, 0.6) is 0 Å². The molecule has 21 heavy (non-hydrogen) atoms. The number of rotatable bonds is 4. The second-order valence-corrected chi connectivity index (χ2v) is 5.44. The predicted octanol–water partition coefficient (Wildman–Crippen LogP) is 2.96. The summed E-state index contributed by atoms with van der Waals surface area (Å²) >= 11 is 5.00. The first kappa shape index (κ1) is 13.6. The number of imidazole rings is 1. The number of anilines is 1. The first-order valence-electron chi connectivity index (χ1n) is 6.74. The number of para-hydroxylation sites is 2. The van der Waals surface area contributed by atoms with Crippen LogP contribution in [0.25, 0.3) is 22.4 Å². The van der Waals surface area contributed by atoms with Gasteiger partial charge in [0.05, 0.1) is 16.0 Å². The third kappa shape index (κ3) is 2.73. The van der Waals surface area contributed by atoms with Crippen molar-refractivity contribution >= 4 is 33.9 Å². The predicted molar refractivity (Wildman–Crippen MR) is 91.0 cm³/mol. The van der Waals surface area contributed by atoms with Crippen LogP contribution in [0, 0.1) is 0 Å². The van der Waals surface area contributed by atoms with Crippen molar-refractivity contribution in [3.8, 4) is 11.4 Å². The zero-order valence-electron chi connectivity index (χ0n) is 11.5. The van der Waals surface area contributed by atoms with Crippen LogP contribution in [0.1, 0.15) is 6.42 Å². The van der Waals surface area contributed by atoms with Crippen LogP contribution < -0.4 is 11.5 Å². The number of aromatic nitrogens is 2. The smallest absolute Gasteiger partial charge is 0.141 e. The van der Waals surface area contributed by atoms with E-state index in [2.05, 4.69) is 10.6 Å². The van der Waals surface area contributed by atoms with Crippen molar-refractivity contribution in [2.75, 3.05) is 5.73 Å². The van der Waals surface area contributed by atoms with E-state index in [1.165, 1.54) is 0 Å². The molecule has 0 aliphatic rings. The number of aryl methyl sites for hydroxylation is 1. The van der Waals surface area contributed by atoms with Gasteiger partial charge in [0.2, 0.25) is 0 Å². The molecule has 0 radical (unpaired) electrons. The average Bonchev–Trinajstić information content (AvgIpc) is 2.84. The molecular formula is C16H16N4S. The van der Waals surface area contributed by atoms with Crippen LogP contribution in [0.2, 0.25) is 0 Å². The number of thiocarbonyl (C=S) groups is 1. The summed E-state index contributed by atoms with van der Waals surface area (Å²) in [7, 11) is 0. The molecule has 0 aliphatic carbocycles. The number of fused-ring (bicyclic) bond motifs is 1. The highest BCUT2D eigenvalue weighted by Gasteiger charge is 2.12. The highest BCUT2D eigenvalue weighted by atomic mass is 32.1. The highest BCUT2D eigenvalue weighted by molar-refractivity contribution is 7.80. The van der Waals surface area contributed by atoms with E-state index in [9.17, 15) is 0 Å². The summed E-state index contributed by atoms with van der Waals surface area (Å²) in [5, 5.41) is 0. The summed E-state index contributed by atoms with van der Waals surface area (Å²) in [6, 6.07) is 15.8. The number of nitrogen functional groups attached to an aromatic ring is 1. The molecule has 3 rings (SSSR count). The fraction of sp³-hybridized carbons (Fsp3) is 0.125. The van der Waals surface area contributed by atoms with Crippen molar-refractivity contribution in [3.63, 3.8) is 0 Å². The fourth-order valence-electron chi connectivity index (χ4n) is 2.38. The molecule has 0 saturated heterocycles. The quantitative estimate of drug-likeness (QED) is 0.573. The van der Waals surface area contributed by atoms with Crippen molar-refractivity contribution in [3.05, 3.63) is 48.5 Å². The van der Waals surface area contributed by atoms with Gasteiger partial charge in [-0.2, -0.15) is 0 Å². The first-order valence-corrected chi connectivity index (χ1v) is 7.15. The standard InChI is InChI=1S/C16H16N4S/c17-12-7-5-11(6-8-12)16-19-13-3-1-2-4-14(13)20(16)10-9-15(18)21/h1-8H,9-10,17H2,(H2,18,21). The molecule has 106 valence electrons. The molecule has 1 heterocycles. The lowest BCUT2D eigenvalue weighted by Gasteiger charge is -2.09. The van der Waals surface area contributed by atoms with Gasteiger partial charge in [0, 0.05) is 24.2 Å². The molecule has 3 aromatic rings. The van der Waals surface area contributed by atoms with Crippen molar-refractivity contribution in [2.45, 2.75) is 13.0 Å². The van der Waals surface area contributed by atoms with Crippen LogP contribution in [0.4, 0.5) is 5.69 Å². The van der Waals surface area contributed by atoms with Gasteiger partial charge < -0.3 is 16.0 Å². The van der Waals surface area contributed by atoms with E-state index < -0.39 is 0 Å². The van der Waals surface area contributed by atoms with Crippen molar-refractivity contribution < 1.29 is 0 Å². The fourth-order valence-corrected chi connectivity index (χ4v) is 2.47. The van der Waals surface area contributed by atoms with Gasteiger partial charge in [0.15, 0.2) is 0 Å². The maximum Gasteiger partial charge on any atom is 0.141 e. The van der Waals surface area contributed by atoms with Gasteiger partial charge in [-0.05, 0) is 36.4 Å². The Balaban J connectivity index is 2.13. The number of benzene rings is 2. The van der Waals surface area contributed by atoms with Gasteiger partial charge in [-0.15, -0.1) is 0 Å². The van der Waals surface area contributed by atoms with Crippen molar-refractivity contribution in [1.29, 1.82) is 0 Å². The Bertz CT molecular complexity index is 790. The zero-order valence-corrected chi connectivity index (χ0v) is 12.3. The molecule has 0 spiro atoms. The van der Waals surface area contributed by atoms with E-state index in [1.54, 1.807) is 0 Å². The van der Waals surface area contributed by atoms with Gasteiger partial charge in [-0.25, -0.2) is 4.98 Å². The summed E-state index contributed by atoms with van der Waals surface area (Å²) in [5.41, 5.74) is 15.2. The molecule has 2 aromatic carbocycles. The summed E-state index contributed by atoms with van der Waals surface area (Å²) in [5.74, 6) is 0.910. The summed E-state index contributed by atoms with van der Waals surface area (Å²) < 4.78 is 2.15. The SMILES string of the molecule is NC(=S)CCn1c(-c2ccc(N)cc2)nc2ccccc21. The molecule has 0 fully saturated rings. The van der Waals surface area contributed by atoms with E-state index in [0.717, 1.165) is 34.7 Å². The van der Waals surface area contributed by atoms with Crippen LogP contribution in [-0.4, -0.2) is 14.5 Å². The normalized spacial score (nSPS) is 10.9. The Hall–Kier alpha value is -2.40. The first-order chi connectivity index (χ1) is 10.1. The molecule has 1 aromatic heterocycles.